The van der Waals surface area contributed by atoms with Crippen LogP contribution in [0.3, 0.4) is 0 Å². The number of halogens is 3. The molecule has 0 aliphatic rings. The molecular formula is C10H7F3N2O. The lowest BCUT2D eigenvalue weighted by Crippen LogP contribution is -2.17. The van der Waals surface area contributed by atoms with Crippen molar-refractivity contribution in [1.82, 2.24) is 9.55 Å². The number of aromatic nitrogens is 2. The van der Waals surface area contributed by atoms with Gasteiger partial charge in [0.2, 0.25) is 0 Å². The largest absolute Gasteiger partial charge is 0.416 e. The van der Waals surface area contributed by atoms with E-state index in [-0.39, 0.29) is 5.52 Å². The topological polar surface area (TPSA) is 34.9 Å². The third-order valence-electron chi connectivity index (χ3n) is 2.31. The molecule has 0 saturated carbocycles. The van der Waals surface area contributed by atoms with Gasteiger partial charge in [0, 0.05) is 7.05 Å². The third kappa shape index (κ3) is 1.66. The summed E-state index contributed by atoms with van der Waals surface area (Å²) in [6.45, 7) is 0. The smallest absolute Gasteiger partial charge is 0.309 e. The molecule has 0 amide bonds. The summed E-state index contributed by atoms with van der Waals surface area (Å²) in [6, 6.07) is 3.11. The van der Waals surface area contributed by atoms with Gasteiger partial charge in [-0.05, 0) is 18.2 Å². The van der Waals surface area contributed by atoms with Crippen molar-refractivity contribution in [3.8, 4) is 0 Å². The zero-order valence-electron chi connectivity index (χ0n) is 8.25. The van der Waals surface area contributed by atoms with Crippen molar-refractivity contribution in [2.45, 2.75) is 6.18 Å². The summed E-state index contributed by atoms with van der Waals surface area (Å²) in [5.74, 6) is 0. The maximum Gasteiger partial charge on any atom is 0.416 e. The number of nitrogens with zero attached hydrogens (tertiary/aromatic N) is 2. The molecular weight excluding hydrogens is 221 g/mol. The van der Waals surface area contributed by atoms with Crippen LogP contribution in [0.4, 0.5) is 13.2 Å². The van der Waals surface area contributed by atoms with Crippen molar-refractivity contribution < 1.29 is 13.2 Å². The van der Waals surface area contributed by atoms with E-state index in [0.29, 0.717) is 5.52 Å². The highest BCUT2D eigenvalue weighted by molar-refractivity contribution is 5.75. The zero-order chi connectivity index (χ0) is 11.9. The molecule has 0 fully saturated rings. The second kappa shape index (κ2) is 3.33. The second-order valence-corrected chi connectivity index (χ2v) is 3.36. The van der Waals surface area contributed by atoms with Crippen LogP contribution in [0.15, 0.2) is 29.2 Å². The van der Waals surface area contributed by atoms with Crippen LogP contribution in [0.1, 0.15) is 5.56 Å². The Labute approximate surface area is 88.2 Å². The Kier molecular flexibility index (Phi) is 2.22. The Morgan fingerprint density at radius 1 is 1.31 bits per heavy atom. The highest BCUT2D eigenvalue weighted by Crippen LogP contribution is 2.30. The van der Waals surface area contributed by atoms with Gasteiger partial charge < -0.3 is 4.57 Å². The fourth-order valence-electron chi connectivity index (χ4n) is 1.41. The molecule has 3 nitrogen and oxygen atoms in total. The molecule has 0 radical (unpaired) electrons. The van der Waals surface area contributed by atoms with Crippen LogP contribution in [-0.4, -0.2) is 9.55 Å². The molecule has 0 N–H and O–H groups in total. The van der Waals surface area contributed by atoms with Crippen LogP contribution < -0.4 is 5.56 Å². The highest BCUT2D eigenvalue weighted by Gasteiger charge is 2.30. The summed E-state index contributed by atoms with van der Waals surface area (Å²) in [5.41, 5.74) is -0.702. The molecule has 2 rings (SSSR count). The molecule has 0 saturated heterocycles. The van der Waals surface area contributed by atoms with Crippen molar-refractivity contribution >= 4 is 11.0 Å². The molecule has 0 bridgehead atoms. The van der Waals surface area contributed by atoms with Crippen molar-refractivity contribution in [2.75, 3.05) is 0 Å². The number of benzene rings is 1. The van der Waals surface area contributed by atoms with Crippen molar-refractivity contribution in [3.05, 3.63) is 40.3 Å². The zero-order valence-corrected chi connectivity index (χ0v) is 8.25. The van der Waals surface area contributed by atoms with Gasteiger partial charge in [-0.2, -0.15) is 13.2 Å². The average Bonchev–Trinajstić information content (AvgIpc) is 2.22. The Hall–Kier alpha value is -1.85. The summed E-state index contributed by atoms with van der Waals surface area (Å²) in [5, 5.41) is 0. The molecule has 1 aromatic heterocycles. The molecule has 0 unspecified atom stereocenters. The fraction of sp³-hybridized carbons (Fsp3) is 0.200. The number of fused-ring (bicyclic) bond motifs is 1. The van der Waals surface area contributed by atoms with Crippen LogP contribution in [0.25, 0.3) is 11.0 Å². The molecule has 1 heterocycles. The SMILES string of the molecule is Cn1c(=O)cnc2ccc(C(F)(F)F)cc21. The van der Waals surface area contributed by atoms with Gasteiger partial charge >= 0.3 is 6.18 Å². The van der Waals surface area contributed by atoms with E-state index in [9.17, 15) is 18.0 Å². The fourth-order valence-corrected chi connectivity index (χ4v) is 1.41. The van der Waals surface area contributed by atoms with E-state index >= 15 is 0 Å². The Morgan fingerprint density at radius 2 is 2.00 bits per heavy atom. The van der Waals surface area contributed by atoms with Crippen molar-refractivity contribution in [2.24, 2.45) is 7.05 Å². The van der Waals surface area contributed by atoms with E-state index in [4.69, 9.17) is 0 Å². The Balaban J connectivity index is 2.79. The first-order chi connectivity index (χ1) is 7.39. The standard InChI is InChI=1S/C10H7F3N2O/c1-15-8-4-6(10(11,12)13)2-3-7(8)14-5-9(15)16/h2-5H,1H3. The Morgan fingerprint density at radius 3 is 2.62 bits per heavy atom. The minimum Gasteiger partial charge on any atom is -0.309 e. The molecule has 0 aliphatic carbocycles. The van der Waals surface area contributed by atoms with Crippen molar-refractivity contribution in [3.63, 3.8) is 0 Å². The van der Waals surface area contributed by atoms with Gasteiger partial charge in [0.25, 0.3) is 5.56 Å². The minimum absolute atomic E-state index is 0.169. The maximum absolute atomic E-state index is 12.4. The van der Waals surface area contributed by atoms with E-state index in [1.807, 2.05) is 0 Å². The molecule has 1 aromatic carbocycles. The van der Waals surface area contributed by atoms with Crippen LogP contribution >= 0.6 is 0 Å². The van der Waals surface area contributed by atoms with Gasteiger partial charge in [-0.15, -0.1) is 0 Å². The van der Waals surface area contributed by atoms with Crippen LogP contribution in [0.5, 0.6) is 0 Å². The van der Waals surface area contributed by atoms with Crippen LogP contribution in [0.2, 0.25) is 0 Å². The Bertz CT molecular complexity index is 601. The number of aryl methyl sites for hydroxylation is 1. The average molecular weight is 228 g/mol. The predicted molar refractivity (Wildman–Crippen MR) is 52.0 cm³/mol. The quantitative estimate of drug-likeness (QED) is 0.690. The van der Waals surface area contributed by atoms with E-state index < -0.39 is 17.3 Å². The molecule has 6 heteroatoms. The normalized spacial score (nSPS) is 12.0. The first-order valence-corrected chi connectivity index (χ1v) is 4.42. The van der Waals surface area contributed by atoms with Gasteiger partial charge in [-0.1, -0.05) is 0 Å². The summed E-state index contributed by atoms with van der Waals surface area (Å²) < 4.78 is 38.5. The minimum atomic E-state index is -4.42. The van der Waals surface area contributed by atoms with E-state index in [2.05, 4.69) is 4.98 Å². The third-order valence-corrected chi connectivity index (χ3v) is 2.31. The number of hydrogen-bond acceptors (Lipinski definition) is 2. The molecule has 16 heavy (non-hydrogen) atoms. The first kappa shape index (κ1) is 10.7. The predicted octanol–water partition coefficient (Wildman–Crippen LogP) is 1.95. The number of hydrogen-bond donors (Lipinski definition) is 0. The van der Waals surface area contributed by atoms with E-state index in [1.165, 1.54) is 13.1 Å². The second-order valence-electron chi connectivity index (χ2n) is 3.36. The lowest BCUT2D eigenvalue weighted by Gasteiger charge is -2.09. The van der Waals surface area contributed by atoms with Gasteiger partial charge in [-0.25, -0.2) is 4.98 Å². The summed E-state index contributed by atoms with van der Waals surface area (Å²) in [4.78, 5) is 15.0. The van der Waals surface area contributed by atoms with E-state index in [0.717, 1.165) is 22.9 Å². The summed E-state index contributed by atoms with van der Waals surface area (Å²) >= 11 is 0. The number of alkyl halides is 3. The lowest BCUT2D eigenvalue weighted by atomic mass is 10.2. The van der Waals surface area contributed by atoms with Gasteiger partial charge in [0.15, 0.2) is 0 Å². The van der Waals surface area contributed by atoms with Crippen LogP contribution in [-0.2, 0) is 13.2 Å². The summed E-state index contributed by atoms with van der Waals surface area (Å²) in [6.07, 6.45) is -3.34. The molecule has 2 aromatic rings. The molecule has 84 valence electrons. The summed E-state index contributed by atoms with van der Waals surface area (Å²) in [7, 11) is 1.41. The molecule has 0 atom stereocenters. The van der Waals surface area contributed by atoms with Gasteiger partial charge in [-0.3, -0.25) is 4.79 Å². The monoisotopic (exact) mass is 228 g/mol. The van der Waals surface area contributed by atoms with Gasteiger partial charge in [0.05, 0.1) is 22.8 Å². The first-order valence-electron chi connectivity index (χ1n) is 4.42. The van der Waals surface area contributed by atoms with Crippen LogP contribution in [0, 0.1) is 0 Å². The molecule has 0 spiro atoms. The molecule has 0 aliphatic heterocycles. The maximum atomic E-state index is 12.4. The lowest BCUT2D eigenvalue weighted by molar-refractivity contribution is -0.137. The van der Waals surface area contributed by atoms with Gasteiger partial charge in [0.1, 0.15) is 0 Å². The number of rotatable bonds is 0. The highest BCUT2D eigenvalue weighted by atomic mass is 19.4. The van der Waals surface area contributed by atoms with Crippen molar-refractivity contribution in [1.29, 1.82) is 0 Å². The van der Waals surface area contributed by atoms with E-state index in [1.54, 1.807) is 0 Å².